The molecule has 0 bridgehead atoms. The van der Waals surface area contributed by atoms with Crippen molar-refractivity contribution in [3.05, 3.63) is 29.8 Å². The van der Waals surface area contributed by atoms with Gasteiger partial charge >= 0.3 is 5.97 Å². The Morgan fingerprint density at radius 1 is 1.39 bits per heavy atom. The summed E-state index contributed by atoms with van der Waals surface area (Å²) in [5, 5.41) is 8.72. The summed E-state index contributed by atoms with van der Waals surface area (Å²) >= 11 is 0. The maximum atomic E-state index is 12.9. The van der Waals surface area contributed by atoms with Gasteiger partial charge in [-0.15, -0.1) is 0 Å². The summed E-state index contributed by atoms with van der Waals surface area (Å²) in [6.07, 6.45) is 0.0260. The van der Waals surface area contributed by atoms with Crippen LogP contribution in [0.3, 0.4) is 0 Å². The maximum absolute atomic E-state index is 12.9. The van der Waals surface area contributed by atoms with Gasteiger partial charge in [0.1, 0.15) is 6.04 Å². The molecule has 2 N–H and O–H groups in total. The van der Waals surface area contributed by atoms with E-state index in [9.17, 15) is 22.0 Å². The number of carboxylic acid groups (broad SMARTS) is 1. The topological polar surface area (TPSA) is 83.5 Å². The van der Waals surface area contributed by atoms with Crippen molar-refractivity contribution in [2.24, 2.45) is 0 Å². The summed E-state index contributed by atoms with van der Waals surface area (Å²) < 4.78 is 50.9. The number of carbonyl (C=O) groups is 1. The highest BCUT2D eigenvalue weighted by atomic mass is 32.2. The molecule has 1 aromatic carbocycles. The third-order valence-electron chi connectivity index (χ3n) is 2.21. The number of nitrogens with one attached hydrogen (secondary N) is 1. The second kappa shape index (κ2) is 5.40. The molecule has 0 heterocycles. The van der Waals surface area contributed by atoms with Crippen LogP contribution in [0.4, 0.5) is 8.78 Å². The van der Waals surface area contributed by atoms with E-state index in [-0.39, 0.29) is 6.42 Å². The van der Waals surface area contributed by atoms with Gasteiger partial charge in [0.25, 0.3) is 0 Å². The fourth-order valence-corrected chi connectivity index (χ4v) is 2.49. The van der Waals surface area contributed by atoms with Crippen LogP contribution in [-0.4, -0.2) is 25.5 Å². The monoisotopic (exact) mass is 279 g/mol. The Labute approximate surface area is 102 Å². The number of benzene rings is 1. The van der Waals surface area contributed by atoms with Gasteiger partial charge in [-0.25, -0.2) is 17.2 Å². The number of sulfonamides is 1. The van der Waals surface area contributed by atoms with Crippen LogP contribution in [0.25, 0.3) is 0 Å². The smallest absolute Gasteiger partial charge is 0.321 e. The van der Waals surface area contributed by atoms with E-state index in [1.54, 1.807) is 0 Å². The summed E-state index contributed by atoms with van der Waals surface area (Å²) in [6, 6.07) is 0.691. The molecule has 5 nitrogen and oxygen atoms in total. The molecule has 0 fully saturated rings. The number of halogens is 2. The molecule has 0 saturated heterocycles. The van der Waals surface area contributed by atoms with Crippen LogP contribution in [0.1, 0.15) is 13.3 Å². The minimum Gasteiger partial charge on any atom is -0.480 e. The van der Waals surface area contributed by atoms with Crippen molar-refractivity contribution < 1.29 is 27.1 Å². The Morgan fingerprint density at radius 2 is 2.00 bits per heavy atom. The molecule has 0 spiro atoms. The summed E-state index contributed by atoms with van der Waals surface area (Å²) in [5.41, 5.74) is 0. The van der Waals surface area contributed by atoms with Crippen LogP contribution in [0.2, 0.25) is 0 Å². The predicted molar refractivity (Wildman–Crippen MR) is 58.4 cm³/mol. The highest BCUT2D eigenvalue weighted by Crippen LogP contribution is 2.14. The first-order chi connectivity index (χ1) is 8.27. The molecule has 0 radical (unpaired) electrons. The molecule has 0 aliphatic rings. The molecular formula is C10H11F2NO4S. The summed E-state index contributed by atoms with van der Waals surface area (Å²) in [4.78, 5) is 10.2. The van der Waals surface area contributed by atoms with Gasteiger partial charge in [-0.3, -0.25) is 4.79 Å². The number of hydrogen-bond donors (Lipinski definition) is 2. The van der Waals surface area contributed by atoms with Crippen LogP contribution in [-0.2, 0) is 14.8 Å². The molecule has 0 aliphatic heterocycles. The van der Waals surface area contributed by atoms with E-state index in [2.05, 4.69) is 0 Å². The molecule has 8 heteroatoms. The zero-order valence-corrected chi connectivity index (χ0v) is 10.2. The standard InChI is InChI=1S/C10H11F2NO4S/c1-2-9(10(14)15)13-18(16,17)6-3-4-7(11)8(12)5-6/h3-5,9,13H,2H2,1H3,(H,14,15)/t9-/m0/s1. The van der Waals surface area contributed by atoms with Crippen LogP contribution in [0, 0.1) is 11.6 Å². The lowest BCUT2D eigenvalue weighted by molar-refractivity contribution is -0.139. The second-order valence-electron chi connectivity index (χ2n) is 3.50. The van der Waals surface area contributed by atoms with E-state index in [4.69, 9.17) is 5.11 Å². The number of aliphatic carboxylic acids is 1. The molecule has 100 valence electrons. The lowest BCUT2D eigenvalue weighted by atomic mass is 10.2. The van der Waals surface area contributed by atoms with Gasteiger partial charge in [-0.05, 0) is 24.6 Å². The first-order valence-electron chi connectivity index (χ1n) is 4.98. The molecule has 18 heavy (non-hydrogen) atoms. The molecule has 1 atom stereocenters. The van der Waals surface area contributed by atoms with Gasteiger partial charge in [0, 0.05) is 0 Å². The normalized spacial score (nSPS) is 13.3. The van der Waals surface area contributed by atoms with E-state index in [0.29, 0.717) is 12.1 Å². The van der Waals surface area contributed by atoms with Gasteiger partial charge in [0.05, 0.1) is 4.90 Å². The molecule has 1 rings (SSSR count). The molecular weight excluding hydrogens is 268 g/mol. The molecule has 0 aliphatic carbocycles. The van der Waals surface area contributed by atoms with E-state index in [1.807, 2.05) is 4.72 Å². The minimum atomic E-state index is -4.19. The predicted octanol–water partition coefficient (Wildman–Crippen LogP) is 1.11. The fraction of sp³-hybridized carbons (Fsp3) is 0.300. The van der Waals surface area contributed by atoms with Crippen LogP contribution in [0.15, 0.2) is 23.1 Å². The SMILES string of the molecule is CC[C@H](NS(=O)(=O)c1ccc(F)c(F)c1)C(=O)O. The van der Waals surface area contributed by atoms with Crippen molar-refractivity contribution in [2.75, 3.05) is 0 Å². The van der Waals surface area contributed by atoms with Crippen LogP contribution >= 0.6 is 0 Å². The average Bonchev–Trinajstić information content (AvgIpc) is 2.29. The number of hydrogen-bond acceptors (Lipinski definition) is 3. The third-order valence-corrected chi connectivity index (χ3v) is 3.67. The molecule has 1 aromatic rings. The van der Waals surface area contributed by atoms with Crippen molar-refractivity contribution >= 4 is 16.0 Å². The van der Waals surface area contributed by atoms with E-state index >= 15 is 0 Å². The Morgan fingerprint density at radius 3 is 2.44 bits per heavy atom. The Bertz CT molecular complexity index is 559. The van der Waals surface area contributed by atoms with Crippen LogP contribution in [0.5, 0.6) is 0 Å². The fourth-order valence-electron chi connectivity index (χ4n) is 1.21. The first kappa shape index (κ1) is 14.5. The van der Waals surface area contributed by atoms with Crippen molar-refractivity contribution in [3.8, 4) is 0 Å². The Balaban J connectivity index is 3.06. The van der Waals surface area contributed by atoms with Crippen molar-refractivity contribution in [2.45, 2.75) is 24.3 Å². The first-order valence-corrected chi connectivity index (χ1v) is 6.46. The summed E-state index contributed by atoms with van der Waals surface area (Å²) in [5.74, 6) is -3.84. The molecule has 0 saturated carbocycles. The molecule has 0 unspecified atom stereocenters. The Kier molecular flexibility index (Phi) is 4.36. The minimum absolute atomic E-state index is 0.0260. The van der Waals surface area contributed by atoms with Gasteiger partial charge in [-0.1, -0.05) is 6.92 Å². The molecule has 0 amide bonds. The maximum Gasteiger partial charge on any atom is 0.321 e. The van der Waals surface area contributed by atoms with E-state index < -0.39 is 38.6 Å². The van der Waals surface area contributed by atoms with Crippen LogP contribution < -0.4 is 4.72 Å². The lowest BCUT2D eigenvalue weighted by Crippen LogP contribution is -2.40. The second-order valence-corrected chi connectivity index (χ2v) is 5.21. The van der Waals surface area contributed by atoms with Gasteiger partial charge in [0.2, 0.25) is 10.0 Å². The lowest BCUT2D eigenvalue weighted by Gasteiger charge is -2.12. The summed E-state index contributed by atoms with van der Waals surface area (Å²) in [7, 11) is -4.19. The van der Waals surface area contributed by atoms with Gasteiger partial charge in [0.15, 0.2) is 11.6 Å². The van der Waals surface area contributed by atoms with E-state index in [0.717, 1.165) is 6.07 Å². The van der Waals surface area contributed by atoms with Crippen molar-refractivity contribution in [1.82, 2.24) is 4.72 Å². The third kappa shape index (κ3) is 3.23. The zero-order valence-electron chi connectivity index (χ0n) is 9.35. The van der Waals surface area contributed by atoms with E-state index in [1.165, 1.54) is 6.92 Å². The number of rotatable bonds is 5. The zero-order chi connectivity index (χ0) is 13.9. The highest BCUT2D eigenvalue weighted by Gasteiger charge is 2.24. The van der Waals surface area contributed by atoms with Crippen molar-refractivity contribution in [3.63, 3.8) is 0 Å². The van der Waals surface area contributed by atoms with Gasteiger partial charge in [-0.2, -0.15) is 4.72 Å². The molecule has 0 aromatic heterocycles. The summed E-state index contributed by atoms with van der Waals surface area (Å²) in [6.45, 7) is 1.48. The Hall–Kier alpha value is -1.54. The largest absolute Gasteiger partial charge is 0.480 e. The van der Waals surface area contributed by atoms with Crippen molar-refractivity contribution in [1.29, 1.82) is 0 Å². The quantitative estimate of drug-likeness (QED) is 0.845. The van der Waals surface area contributed by atoms with Gasteiger partial charge < -0.3 is 5.11 Å². The highest BCUT2D eigenvalue weighted by molar-refractivity contribution is 7.89. The number of carboxylic acids is 1. The average molecular weight is 279 g/mol.